The number of hydrogen-bond donors (Lipinski definition) is 2. The molecule has 1 aliphatic rings. The van der Waals surface area contributed by atoms with E-state index in [0.717, 1.165) is 24.2 Å². The number of aromatic nitrogens is 3. The molecule has 1 aliphatic heterocycles. The predicted molar refractivity (Wildman–Crippen MR) is 124 cm³/mol. The standard InChI is InChI=1S/C23H28N6O3/c1-13-11-29(12-14(2)25-13)19-8-6-16(21-17(19)10-24-23(28-21)32-5)22(30)27-18-7-9-20(31-4)26-15(18)3/h6-10,13-14,25H,11-12H2,1-5H3,(H,27,30)/t13-,14-/m0/s1. The minimum Gasteiger partial charge on any atom is -0.481 e. The van der Waals surface area contributed by atoms with E-state index in [1.807, 2.05) is 19.1 Å². The summed E-state index contributed by atoms with van der Waals surface area (Å²) >= 11 is 0. The Kier molecular flexibility index (Phi) is 6.09. The number of carbonyl (C=O) groups excluding carboxylic acids is 1. The van der Waals surface area contributed by atoms with Gasteiger partial charge in [0.05, 0.1) is 36.7 Å². The van der Waals surface area contributed by atoms with E-state index in [9.17, 15) is 4.79 Å². The molecule has 0 aliphatic carbocycles. The van der Waals surface area contributed by atoms with E-state index in [-0.39, 0.29) is 11.9 Å². The van der Waals surface area contributed by atoms with Gasteiger partial charge in [-0.3, -0.25) is 4.79 Å². The molecule has 2 N–H and O–H groups in total. The Bertz CT molecular complexity index is 1140. The van der Waals surface area contributed by atoms with Crippen LogP contribution in [0.1, 0.15) is 29.9 Å². The number of nitrogens with one attached hydrogen (secondary N) is 2. The molecule has 4 rings (SSSR count). The number of aryl methyl sites for hydroxylation is 1. The van der Waals surface area contributed by atoms with Gasteiger partial charge in [-0.2, -0.15) is 4.98 Å². The van der Waals surface area contributed by atoms with Crippen LogP contribution in [0.5, 0.6) is 11.9 Å². The number of amides is 1. The van der Waals surface area contributed by atoms with Crippen LogP contribution >= 0.6 is 0 Å². The molecule has 0 spiro atoms. The molecule has 0 bridgehead atoms. The number of hydrogen-bond acceptors (Lipinski definition) is 8. The summed E-state index contributed by atoms with van der Waals surface area (Å²) in [4.78, 5) is 28.7. The quantitative estimate of drug-likeness (QED) is 0.630. The van der Waals surface area contributed by atoms with Gasteiger partial charge in [0.2, 0.25) is 5.88 Å². The summed E-state index contributed by atoms with van der Waals surface area (Å²) in [5.74, 6) is 0.215. The molecule has 0 unspecified atom stereocenters. The van der Waals surface area contributed by atoms with Crippen LogP contribution < -0.4 is 25.0 Å². The van der Waals surface area contributed by atoms with Gasteiger partial charge in [0.15, 0.2) is 0 Å². The van der Waals surface area contributed by atoms with Crippen LogP contribution in [0.2, 0.25) is 0 Å². The van der Waals surface area contributed by atoms with Crippen LogP contribution in [0.25, 0.3) is 10.9 Å². The number of nitrogens with zero attached hydrogens (tertiary/aromatic N) is 4. The molecule has 1 amide bonds. The lowest BCUT2D eigenvalue weighted by atomic mass is 10.0. The Morgan fingerprint density at radius 2 is 1.84 bits per heavy atom. The second-order valence-corrected chi connectivity index (χ2v) is 8.07. The maximum atomic E-state index is 13.2. The normalized spacial score (nSPS) is 18.5. The topological polar surface area (TPSA) is 102 Å². The average molecular weight is 437 g/mol. The molecule has 2 atom stereocenters. The fourth-order valence-corrected chi connectivity index (χ4v) is 4.14. The summed E-state index contributed by atoms with van der Waals surface area (Å²) in [6.07, 6.45) is 1.73. The van der Waals surface area contributed by atoms with Gasteiger partial charge in [0.1, 0.15) is 0 Å². The van der Waals surface area contributed by atoms with Crippen LogP contribution in [-0.4, -0.2) is 60.3 Å². The highest BCUT2D eigenvalue weighted by atomic mass is 16.5. The van der Waals surface area contributed by atoms with E-state index in [4.69, 9.17) is 9.47 Å². The fourth-order valence-electron chi connectivity index (χ4n) is 4.14. The second kappa shape index (κ2) is 8.96. The zero-order valence-corrected chi connectivity index (χ0v) is 19.0. The van der Waals surface area contributed by atoms with Gasteiger partial charge >= 0.3 is 6.01 Å². The molecule has 1 saturated heterocycles. The molecule has 3 heterocycles. The monoisotopic (exact) mass is 436 g/mol. The smallest absolute Gasteiger partial charge is 0.316 e. The molecular formula is C23H28N6O3. The third-order valence-electron chi connectivity index (χ3n) is 5.55. The first-order valence-electron chi connectivity index (χ1n) is 10.6. The van der Waals surface area contributed by atoms with Crippen LogP contribution in [0, 0.1) is 6.92 Å². The molecule has 3 aromatic rings. The first-order chi connectivity index (χ1) is 15.4. The first kappa shape index (κ1) is 21.8. The van der Waals surface area contributed by atoms with E-state index >= 15 is 0 Å². The van der Waals surface area contributed by atoms with Crippen molar-refractivity contribution in [3.05, 3.63) is 41.7 Å². The van der Waals surface area contributed by atoms with Crippen molar-refractivity contribution in [2.45, 2.75) is 32.9 Å². The molecular weight excluding hydrogens is 408 g/mol. The van der Waals surface area contributed by atoms with Crippen molar-refractivity contribution in [3.8, 4) is 11.9 Å². The Labute approximate surface area is 187 Å². The minimum absolute atomic E-state index is 0.216. The molecule has 2 aromatic heterocycles. The Hall–Kier alpha value is -3.46. The molecule has 9 nitrogen and oxygen atoms in total. The number of piperazine rings is 1. The zero-order chi connectivity index (χ0) is 22.8. The van der Waals surface area contributed by atoms with Crippen LogP contribution in [-0.2, 0) is 0 Å². The number of rotatable bonds is 5. The molecule has 1 aromatic carbocycles. The number of anilines is 2. The number of benzene rings is 1. The van der Waals surface area contributed by atoms with Gasteiger partial charge in [0, 0.05) is 48.5 Å². The van der Waals surface area contributed by atoms with Crippen molar-refractivity contribution >= 4 is 28.2 Å². The van der Waals surface area contributed by atoms with Gasteiger partial charge in [-0.05, 0) is 39.0 Å². The predicted octanol–water partition coefficient (Wildman–Crippen LogP) is 2.79. The number of fused-ring (bicyclic) bond motifs is 1. The summed E-state index contributed by atoms with van der Waals surface area (Å²) in [6, 6.07) is 8.17. The summed E-state index contributed by atoms with van der Waals surface area (Å²) in [5, 5.41) is 7.29. The SMILES string of the molecule is COc1ccc(NC(=O)c2ccc(N3C[C@H](C)N[C@@H](C)C3)c3cnc(OC)nc23)c(C)n1. The van der Waals surface area contributed by atoms with E-state index in [0.29, 0.717) is 40.4 Å². The average Bonchev–Trinajstić information content (AvgIpc) is 2.78. The highest BCUT2D eigenvalue weighted by Crippen LogP contribution is 2.31. The van der Waals surface area contributed by atoms with Crippen molar-refractivity contribution in [2.75, 3.05) is 37.5 Å². The van der Waals surface area contributed by atoms with Gasteiger partial charge in [0.25, 0.3) is 5.91 Å². The lowest BCUT2D eigenvalue weighted by Crippen LogP contribution is -2.54. The Morgan fingerprint density at radius 3 is 2.50 bits per heavy atom. The lowest BCUT2D eigenvalue weighted by Gasteiger charge is -2.38. The third kappa shape index (κ3) is 4.29. The van der Waals surface area contributed by atoms with Crippen molar-refractivity contribution in [1.82, 2.24) is 20.3 Å². The van der Waals surface area contributed by atoms with Gasteiger partial charge in [-0.15, -0.1) is 0 Å². The fraction of sp³-hybridized carbons (Fsp3) is 0.391. The number of pyridine rings is 1. The summed E-state index contributed by atoms with van der Waals surface area (Å²) < 4.78 is 10.4. The van der Waals surface area contributed by atoms with Gasteiger partial charge in [-0.25, -0.2) is 9.97 Å². The van der Waals surface area contributed by atoms with Crippen molar-refractivity contribution in [3.63, 3.8) is 0 Å². The van der Waals surface area contributed by atoms with Crippen LogP contribution in [0.3, 0.4) is 0 Å². The highest BCUT2D eigenvalue weighted by molar-refractivity contribution is 6.14. The van der Waals surface area contributed by atoms with Gasteiger partial charge < -0.3 is 25.0 Å². The summed E-state index contributed by atoms with van der Waals surface area (Å²) in [7, 11) is 3.07. The molecule has 0 saturated carbocycles. The molecule has 168 valence electrons. The molecule has 0 radical (unpaired) electrons. The van der Waals surface area contributed by atoms with Crippen LogP contribution in [0.15, 0.2) is 30.5 Å². The summed E-state index contributed by atoms with van der Waals surface area (Å²) in [6.45, 7) is 7.85. The van der Waals surface area contributed by atoms with E-state index in [2.05, 4.69) is 44.3 Å². The number of ether oxygens (including phenoxy) is 2. The molecule has 1 fully saturated rings. The lowest BCUT2D eigenvalue weighted by molar-refractivity contribution is 0.102. The molecule has 32 heavy (non-hydrogen) atoms. The maximum absolute atomic E-state index is 13.2. The number of carbonyl (C=O) groups is 1. The van der Waals surface area contributed by atoms with Crippen LogP contribution in [0.4, 0.5) is 11.4 Å². The second-order valence-electron chi connectivity index (χ2n) is 8.07. The van der Waals surface area contributed by atoms with E-state index in [1.165, 1.54) is 7.11 Å². The summed E-state index contributed by atoms with van der Waals surface area (Å²) in [5.41, 5.74) is 3.26. The Balaban J connectivity index is 1.74. The zero-order valence-electron chi connectivity index (χ0n) is 19.0. The third-order valence-corrected chi connectivity index (χ3v) is 5.55. The van der Waals surface area contributed by atoms with Crippen molar-refractivity contribution < 1.29 is 14.3 Å². The van der Waals surface area contributed by atoms with Crippen molar-refractivity contribution in [2.24, 2.45) is 0 Å². The molecule has 9 heteroatoms. The minimum atomic E-state index is -0.278. The van der Waals surface area contributed by atoms with Crippen molar-refractivity contribution in [1.29, 1.82) is 0 Å². The van der Waals surface area contributed by atoms with Gasteiger partial charge in [-0.1, -0.05) is 0 Å². The van der Waals surface area contributed by atoms with E-state index < -0.39 is 0 Å². The maximum Gasteiger partial charge on any atom is 0.316 e. The first-order valence-corrected chi connectivity index (χ1v) is 10.6. The van der Waals surface area contributed by atoms with E-state index in [1.54, 1.807) is 25.4 Å². The Morgan fingerprint density at radius 1 is 1.09 bits per heavy atom. The number of methoxy groups -OCH3 is 2. The highest BCUT2D eigenvalue weighted by Gasteiger charge is 2.24. The largest absolute Gasteiger partial charge is 0.481 e.